The maximum Gasteiger partial charge on any atom is 0.303 e. The highest BCUT2D eigenvalue weighted by Gasteiger charge is 2.22. The number of benzene rings is 1. The van der Waals surface area contributed by atoms with Crippen LogP contribution in [0.1, 0.15) is 28.8 Å². The molecule has 9 nitrogen and oxygen atoms in total. The van der Waals surface area contributed by atoms with Crippen LogP contribution in [0.5, 0.6) is 5.75 Å². The first kappa shape index (κ1) is 17.1. The molecule has 0 saturated carbocycles. The van der Waals surface area contributed by atoms with E-state index in [1.807, 2.05) is 0 Å². The molecule has 9 heteroatoms. The van der Waals surface area contributed by atoms with E-state index in [1.165, 1.54) is 6.07 Å². The number of phenolic OH excluding ortho intramolecular Hbond substituents is 1. The van der Waals surface area contributed by atoms with Crippen molar-refractivity contribution in [3.05, 3.63) is 29.3 Å². The summed E-state index contributed by atoms with van der Waals surface area (Å²) in [4.78, 5) is 33.7. The number of oxime groups is 1. The van der Waals surface area contributed by atoms with Crippen molar-refractivity contribution < 1.29 is 29.8 Å². The number of nitrogens with two attached hydrogens (primary N) is 2. The van der Waals surface area contributed by atoms with Gasteiger partial charge in [0.2, 0.25) is 0 Å². The Hall–Kier alpha value is -2.94. The zero-order chi connectivity index (χ0) is 16.9. The third-order valence-electron chi connectivity index (χ3n) is 2.87. The number of hydrogen-bond acceptors (Lipinski definition) is 7. The van der Waals surface area contributed by atoms with Crippen LogP contribution in [-0.2, 0) is 9.59 Å². The number of carboxylic acid groups (broad SMARTS) is 1. The van der Waals surface area contributed by atoms with Crippen molar-refractivity contribution in [3.8, 4) is 5.75 Å². The molecule has 118 valence electrons. The summed E-state index contributed by atoms with van der Waals surface area (Å²) >= 11 is 0. The zero-order valence-corrected chi connectivity index (χ0v) is 11.4. The summed E-state index contributed by atoms with van der Waals surface area (Å²) in [6, 6.07) is 2.30. The molecule has 22 heavy (non-hydrogen) atoms. The predicted octanol–water partition coefficient (Wildman–Crippen LogP) is -0.569. The topological polar surface area (TPSA) is 176 Å². The number of nitrogens with zero attached hydrogens (tertiary/aromatic N) is 1. The largest absolute Gasteiger partial charge is 0.507 e. The highest BCUT2D eigenvalue weighted by atomic mass is 16.4. The Morgan fingerprint density at radius 1 is 1.27 bits per heavy atom. The van der Waals surface area contributed by atoms with E-state index in [-0.39, 0.29) is 24.0 Å². The number of primary amides is 1. The molecule has 1 amide bonds. The van der Waals surface area contributed by atoms with Crippen molar-refractivity contribution in [1.82, 2.24) is 0 Å². The van der Waals surface area contributed by atoms with E-state index in [2.05, 4.69) is 5.16 Å². The monoisotopic (exact) mass is 309 g/mol. The van der Waals surface area contributed by atoms with Crippen molar-refractivity contribution in [3.63, 3.8) is 0 Å². The summed E-state index contributed by atoms with van der Waals surface area (Å²) in [6.07, 6.45) is -0.424. The average molecular weight is 309 g/mol. The fourth-order valence-electron chi connectivity index (χ4n) is 1.74. The fraction of sp³-hybridized carbons (Fsp3) is 0.231. The second-order valence-electron chi connectivity index (χ2n) is 4.45. The quantitative estimate of drug-likeness (QED) is 0.194. The molecular formula is C13H15N3O6. The molecule has 1 aromatic rings. The average Bonchev–Trinajstić information content (AvgIpc) is 2.46. The number of aromatic hydroxyl groups is 1. The van der Waals surface area contributed by atoms with Gasteiger partial charge >= 0.3 is 5.97 Å². The predicted molar refractivity (Wildman–Crippen MR) is 74.8 cm³/mol. The standard InChI is InChI=1S/C13H15N3O6/c14-8(2-4-10(18)19)12(20)7-5-6(1-3-9(7)17)11(16-22)13(15)21/h1,3,5,8,17,22H,2,4,14H2,(H2,15,21)(H,18,19)/t8-/m0/s1. The minimum Gasteiger partial charge on any atom is -0.507 e. The Morgan fingerprint density at radius 2 is 1.91 bits per heavy atom. The van der Waals surface area contributed by atoms with Crippen LogP contribution in [0.3, 0.4) is 0 Å². The van der Waals surface area contributed by atoms with Crippen molar-refractivity contribution in [1.29, 1.82) is 0 Å². The van der Waals surface area contributed by atoms with Gasteiger partial charge in [-0.3, -0.25) is 14.4 Å². The van der Waals surface area contributed by atoms with Crippen molar-refractivity contribution in [2.75, 3.05) is 0 Å². The lowest BCUT2D eigenvalue weighted by Crippen LogP contribution is -2.31. The Labute approximate surface area is 124 Å². The lowest BCUT2D eigenvalue weighted by atomic mass is 9.97. The second kappa shape index (κ2) is 7.18. The summed E-state index contributed by atoms with van der Waals surface area (Å²) in [5, 5.41) is 29.8. The number of aliphatic carboxylic acids is 1. The third-order valence-corrected chi connectivity index (χ3v) is 2.87. The molecule has 0 bridgehead atoms. The van der Waals surface area contributed by atoms with E-state index >= 15 is 0 Å². The maximum absolute atomic E-state index is 12.1. The number of carbonyl (C=O) groups is 3. The minimum atomic E-state index is -1.14. The SMILES string of the molecule is NC(=O)C(=NO)c1ccc(O)c(C(=O)[C@@H](N)CCC(=O)O)c1. The second-order valence-corrected chi connectivity index (χ2v) is 4.45. The van der Waals surface area contributed by atoms with Gasteiger partial charge in [0.1, 0.15) is 5.75 Å². The number of Topliss-reactive ketones (excluding diaryl/α,β-unsaturated/α-hetero) is 1. The third kappa shape index (κ3) is 4.03. The molecule has 1 atom stereocenters. The molecule has 7 N–H and O–H groups in total. The molecule has 0 aliphatic carbocycles. The normalized spacial score (nSPS) is 12.7. The molecule has 0 spiro atoms. The molecule has 0 saturated heterocycles. The van der Waals surface area contributed by atoms with Gasteiger partial charge in [-0.05, 0) is 24.6 Å². The van der Waals surface area contributed by atoms with Crippen LogP contribution in [-0.4, -0.2) is 44.8 Å². The first-order valence-corrected chi connectivity index (χ1v) is 6.14. The van der Waals surface area contributed by atoms with Crippen molar-refractivity contribution >= 4 is 23.4 Å². The molecule has 0 unspecified atom stereocenters. The van der Waals surface area contributed by atoms with E-state index in [4.69, 9.17) is 21.8 Å². The van der Waals surface area contributed by atoms with Gasteiger partial charge in [0.25, 0.3) is 5.91 Å². The van der Waals surface area contributed by atoms with Crippen LogP contribution in [0.25, 0.3) is 0 Å². The first-order chi connectivity index (χ1) is 10.3. The fourth-order valence-corrected chi connectivity index (χ4v) is 1.74. The van der Waals surface area contributed by atoms with Gasteiger partial charge in [0.05, 0.1) is 11.6 Å². The van der Waals surface area contributed by atoms with Gasteiger partial charge in [0, 0.05) is 12.0 Å². The summed E-state index contributed by atoms with van der Waals surface area (Å²) in [7, 11) is 0. The van der Waals surface area contributed by atoms with E-state index in [1.54, 1.807) is 0 Å². The Morgan fingerprint density at radius 3 is 2.41 bits per heavy atom. The van der Waals surface area contributed by atoms with E-state index < -0.39 is 35.2 Å². The molecule has 1 rings (SSSR count). The number of carbonyl (C=O) groups excluding carboxylic acids is 2. The van der Waals surface area contributed by atoms with Crippen molar-refractivity contribution in [2.24, 2.45) is 16.6 Å². The van der Waals surface area contributed by atoms with Crippen LogP contribution in [0, 0.1) is 0 Å². The van der Waals surface area contributed by atoms with Crippen LogP contribution in [0.2, 0.25) is 0 Å². The lowest BCUT2D eigenvalue weighted by Gasteiger charge is -2.12. The Bertz CT molecular complexity index is 641. The van der Waals surface area contributed by atoms with Gasteiger partial charge in [-0.25, -0.2) is 0 Å². The molecule has 0 heterocycles. The molecule has 0 aliphatic rings. The zero-order valence-electron chi connectivity index (χ0n) is 11.4. The van der Waals surface area contributed by atoms with Crippen molar-refractivity contribution in [2.45, 2.75) is 18.9 Å². The van der Waals surface area contributed by atoms with Gasteiger partial charge < -0.3 is 26.9 Å². The van der Waals surface area contributed by atoms with E-state index in [0.717, 1.165) is 12.1 Å². The number of hydrogen-bond donors (Lipinski definition) is 5. The highest BCUT2D eigenvalue weighted by molar-refractivity contribution is 6.44. The molecule has 0 aromatic heterocycles. The minimum absolute atomic E-state index is 0.0154. The number of phenols is 1. The molecule has 0 radical (unpaired) electrons. The van der Waals surface area contributed by atoms with E-state index in [9.17, 15) is 19.5 Å². The van der Waals surface area contributed by atoms with Crippen LogP contribution in [0.4, 0.5) is 0 Å². The van der Waals surface area contributed by atoms with Gasteiger partial charge in [0.15, 0.2) is 11.5 Å². The van der Waals surface area contributed by atoms with Gasteiger partial charge in [-0.15, -0.1) is 0 Å². The van der Waals surface area contributed by atoms with Gasteiger partial charge in [-0.2, -0.15) is 0 Å². The first-order valence-electron chi connectivity index (χ1n) is 6.14. The molecule has 0 aliphatic heterocycles. The molecule has 0 fully saturated rings. The number of amides is 1. The van der Waals surface area contributed by atoms with E-state index in [0.29, 0.717) is 0 Å². The van der Waals surface area contributed by atoms with Crippen LogP contribution in [0.15, 0.2) is 23.4 Å². The number of carboxylic acids is 1. The maximum atomic E-state index is 12.1. The molecular weight excluding hydrogens is 294 g/mol. The Balaban J connectivity index is 3.11. The molecule has 1 aromatic carbocycles. The highest BCUT2D eigenvalue weighted by Crippen LogP contribution is 2.21. The van der Waals surface area contributed by atoms with Crippen LogP contribution < -0.4 is 11.5 Å². The lowest BCUT2D eigenvalue weighted by molar-refractivity contribution is -0.137. The summed E-state index contributed by atoms with van der Waals surface area (Å²) in [5.74, 6) is -3.24. The smallest absolute Gasteiger partial charge is 0.303 e. The van der Waals surface area contributed by atoms with Gasteiger partial charge in [-0.1, -0.05) is 5.16 Å². The summed E-state index contributed by atoms with van der Waals surface area (Å²) in [5.41, 5.74) is 9.91. The number of ketones is 1. The van der Waals surface area contributed by atoms with Crippen LogP contribution >= 0.6 is 0 Å². The Kier molecular flexibility index (Phi) is 5.58. The summed E-state index contributed by atoms with van der Waals surface area (Å²) in [6.45, 7) is 0. The summed E-state index contributed by atoms with van der Waals surface area (Å²) < 4.78 is 0. The number of rotatable bonds is 7.